The molecule has 0 radical (unpaired) electrons. The summed E-state index contributed by atoms with van der Waals surface area (Å²) in [6.07, 6.45) is -2.19. The van der Waals surface area contributed by atoms with Crippen LogP contribution in [0, 0.1) is 0 Å². The molecule has 0 amide bonds. The summed E-state index contributed by atoms with van der Waals surface area (Å²) in [4.78, 5) is 0. The van der Waals surface area contributed by atoms with E-state index in [1.54, 1.807) is 0 Å². The van der Waals surface area contributed by atoms with Gasteiger partial charge in [0, 0.05) is 19.6 Å². The highest BCUT2D eigenvalue weighted by Gasteiger charge is 2.41. The smallest absolute Gasteiger partial charge is 0.176 e. The van der Waals surface area contributed by atoms with Crippen molar-refractivity contribution in [3.8, 4) is 0 Å². The molecule has 0 saturated carbocycles. The first-order chi connectivity index (χ1) is 19.1. The van der Waals surface area contributed by atoms with Gasteiger partial charge in [0.1, 0.15) is 0 Å². The Bertz CT molecular complexity index is 1510. The summed E-state index contributed by atoms with van der Waals surface area (Å²) in [6.45, 7) is -4.15. The van der Waals surface area contributed by atoms with Crippen LogP contribution in [0.2, 0.25) is 18.1 Å². The Balaban J connectivity index is 3.58. The summed E-state index contributed by atoms with van der Waals surface area (Å²) in [5, 5.41) is 0.225. The van der Waals surface area contributed by atoms with E-state index >= 15 is 0 Å². The van der Waals surface area contributed by atoms with Gasteiger partial charge < -0.3 is 0 Å². The van der Waals surface area contributed by atoms with Crippen molar-refractivity contribution in [1.29, 1.82) is 0 Å². The Morgan fingerprint density at radius 3 is 0.884 bits per heavy atom. The molecule has 1 aromatic rings. The maximum atomic E-state index is 13.4. The normalized spacial score (nSPS) is 14.5. The predicted molar refractivity (Wildman–Crippen MR) is 140 cm³/mol. The van der Waals surface area contributed by atoms with Crippen molar-refractivity contribution in [2.75, 3.05) is 19.6 Å². The van der Waals surface area contributed by atoms with Gasteiger partial charge in [0.15, 0.2) is 0 Å². The van der Waals surface area contributed by atoms with Gasteiger partial charge >= 0.3 is 62.5 Å². The minimum absolute atomic E-state index is 0.225. The number of benzene rings is 1. The minimum Gasteiger partial charge on any atom is -0.176 e. The summed E-state index contributed by atoms with van der Waals surface area (Å²) < 4.78 is 211. The first-order valence-corrected chi connectivity index (χ1v) is 21.9. The summed E-state index contributed by atoms with van der Waals surface area (Å²) in [5.74, 6) is 0. The van der Waals surface area contributed by atoms with Gasteiger partial charge in [-0.1, -0.05) is 77.0 Å². The third-order valence-electron chi connectivity index (χ3n) is 5.83. The van der Waals surface area contributed by atoms with E-state index in [1.165, 1.54) is 30.3 Å². The summed E-state index contributed by atoms with van der Waals surface area (Å²) >= 11 is 0. The Kier molecular flexibility index (Phi) is 13.2. The molecule has 0 unspecified atom stereocenters. The molecule has 0 fully saturated rings. The second-order valence-electron chi connectivity index (χ2n) is 8.60. The zero-order chi connectivity index (χ0) is 33.7. The number of hydrogen-bond donors (Lipinski definition) is 0. The molecule has 0 aliphatic heterocycles. The van der Waals surface area contributed by atoms with Gasteiger partial charge in [0.05, 0.1) is 8.07 Å². The van der Waals surface area contributed by atoms with Crippen molar-refractivity contribution in [1.82, 2.24) is 11.1 Å². The number of rotatable bonds is 19. The van der Waals surface area contributed by atoms with Crippen LogP contribution in [0.5, 0.6) is 0 Å². The van der Waals surface area contributed by atoms with Gasteiger partial charge in [-0.25, -0.2) is 0 Å². The number of hydrogen-bond acceptors (Lipinski definition) is 12. The molecule has 0 aromatic heterocycles. The van der Waals surface area contributed by atoms with Gasteiger partial charge in [-0.3, -0.25) is 0 Å². The molecule has 0 atom stereocenters. The Morgan fingerprint density at radius 2 is 0.674 bits per heavy atom. The summed E-state index contributed by atoms with van der Waals surface area (Å²) in [6, 6.07) is 5.47. The molecule has 0 spiro atoms. The molecular weight excluding hydrogens is 749 g/mol. The SMILES string of the molecule is O=S(=O)(F)N(CCC[Si](CCCN(S(=O)(=O)F)S(=O)(=O)F)(CCCN(S(=O)(=O)F)S(=O)(=O)F)c1ccccc1)S(=O)(=O)F. The van der Waals surface area contributed by atoms with Crippen molar-refractivity contribution in [2.24, 2.45) is 0 Å². The fourth-order valence-electron chi connectivity index (χ4n) is 4.21. The fourth-order valence-corrected chi connectivity index (χ4v) is 13.9. The first kappa shape index (κ1) is 39.6. The van der Waals surface area contributed by atoms with Crippen molar-refractivity contribution in [3.05, 3.63) is 30.3 Å². The van der Waals surface area contributed by atoms with Crippen LogP contribution in [0.15, 0.2) is 30.3 Å². The van der Waals surface area contributed by atoms with Crippen LogP contribution >= 0.6 is 0 Å². The van der Waals surface area contributed by atoms with Gasteiger partial charge in [0.25, 0.3) is 0 Å². The maximum absolute atomic E-state index is 13.4. The van der Waals surface area contributed by atoms with Crippen LogP contribution in [-0.4, -0.2) is 89.3 Å². The van der Waals surface area contributed by atoms with Crippen LogP contribution in [0.4, 0.5) is 23.3 Å². The largest absolute Gasteiger partial charge is 0.390 e. The summed E-state index contributed by atoms with van der Waals surface area (Å²) in [5.41, 5.74) is 0. The van der Waals surface area contributed by atoms with E-state index in [-0.39, 0.29) is 5.19 Å². The van der Waals surface area contributed by atoms with Crippen molar-refractivity contribution < 1.29 is 73.8 Å². The lowest BCUT2D eigenvalue weighted by molar-refractivity contribution is 0.440. The Morgan fingerprint density at radius 1 is 0.442 bits per heavy atom. The van der Waals surface area contributed by atoms with E-state index in [0.29, 0.717) is 0 Å². The van der Waals surface area contributed by atoms with Crippen LogP contribution in [-0.2, 0) is 62.5 Å². The van der Waals surface area contributed by atoms with E-state index in [4.69, 9.17) is 0 Å². The van der Waals surface area contributed by atoms with E-state index in [9.17, 15) is 73.8 Å². The topological polar surface area (TPSA) is 215 Å². The quantitative estimate of drug-likeness (QED) is 0.108. The molecule has 1 rings (SSSR count). The first-order valence-electron chi connectivity index (χ1n) is 11.2. The Labute approximate surface area is 247 Å². The molecule has 0 aliphatic carbocycles. The number of nitrogens with zero attached hydrogens (tertiary/aromatic N) is 3. The average Bonchev–Trinajstić information content (AvgIpc) is 2.77. The molecule has 43 heavy (non-hydrogen) atoms. The van der Waals surface area contributed by atoms with Gasteiger partial charge in [-0.05, 0) is 30.4 Å². The molecule has 1 aromatic carbocycles. The molecule has 0 N–H and O–H groups in total. The second kappa shape index (κ2) is 14.4. The summed E-state index contributed by atoms with van der Waals surface area (Å²) in [7, 11) is -40.8. The molecule has 0 heterocycles. The molecular formula is C15H23F6N3O12S6Si. The van der Waals surface area contributed by atoms with Crippen LogP contribution < -0.4 is 5.19 Å². The molecule has 0 saturated heterocycles. The van der Waals surface area contributed by atoms with Gasteiger partial charge in [-0.2, -0.15) is 50.5 Å². The molecule has 28 heteroatoms. The molecule has 0 aliphatic rings. The lowest BCUT2D eigenvalue weighted by Crippen LogP contribution is -2.49. The maximum Gasteiger partial charge on any atom is 0.390 e. The molecule has 252 valence electrons. The van der Waals surface area contributed by atoms with Crippen molar-refractivity contribution in [3.63, 3.8) is 0 Å². The lowest BCUT2D eigenvalue weighted by Gasteiger charge is -2.34. The van der Waals surface area contributed by atoms with E-state index < -0.39 is 139 Å². The minimum atomic E-state index is -6.19. The standard InChI is InChI=1S/C15H23F6N3O12S6Si/c16-37(25,26)22(38(17,27)28)9-4-12-43(15-7-2-1-3-8-15,13-5-10-23(39(18,29)30)40(19,31)32)14-6-11-24(41(20,33)34)42(21,35)36/h1-3,7-8H,4-6,9-14H2. The highest BCUT2D eigenvalue weighted by Crippen LogP contribution is 2.29. The van der Waals surface area contributed by atoms with E-state index in [1.807, 2.05) is 0 Å². The van der Waals surface area contributed by atoms with Crippen molar-refractivity contribution in [2.45, 2.75) is 37.4 Å². The lowest BCUT2D eigenvalue weighted by atomic mass is 10.4. The average molecular weight is 772 g/mol. The zero-order valence-corrected chi connectivity index (χ0v) is 27.1. The fraction of sp³-hybridized carbons (Fsp3) is 0.600. The number of halogens is 6. The third-order valence-corrected chi connectivity index (χ3v) is 18.5. The highest BCUT2D eigenvalue weighted by atomic mass is 32.3. The Hall–Kier alpha value is -1.40. The molecule has 0 bridgehead atoms. The zero-order valence-electron chi connectivity index (χ0n) is 21.2. The van der Waals surface area contributed by atoms with E-state index in [2.05, 4.69) is 0 Å². The highest BCUT2D eigenvalue weighted by molar-refractivity contribution is 8.00. The van der Waals surface area contributed by atoms with Crippen LogP contribution in [0.25, 0.3) is 0 Å². The van der Waals surface area contributed by atoms with Crippen molar-refractivity contribution >= 4 is 75.7 Å². The van der Waals surface area contributed by atoms with Crippen LogP contribution in [0.1, 0.15) is 19.3 Å². The van der Waals surface area contributed by atoms with Gasteiger partial charge in [-0.15, -0.1) is 0 Å². The van der Waals surface area contributed by atoms with Crippen LogP contribution in [0.3, 0.4) is 0 Å². The third kappa shape index (κ3) is 12.5. The second-order valence-corrected chi connectivity index (χ2v) is 21.5. The van der Waals surface area contributed by atoms with Gasteiger partial charge in [0.2, 0.25) is 0 Å². The van der Waals surface area contributed by atoms with E-state index in [0.717, 1.165) is 0 Å². The monoisotopic (exact) mass is 771 g/mol. The predicted octanol–water partition coefficient (Wildman–Crippen LogP) is 0.705. The molecule has 15 nitrogen and oxygen atoms in total.